The van der Waals surface area contributed by atoms with Crippen molar-refractivity contribution in [2.75, 3.05) is 6.54 Å². The Balaban J connectivity index is 2.50. The molecule has 2 nitrogen and oxygen atoms in total. The van der Waals surface area contributed by atoms with E-state index in [9.17, 15) is 0 Å². The molecule has 0 aromatic rings. The molecule has 1 aliphatic rings. The smallest absolute Gasteiger partial charge is 0.194 e. The van der Waals surface area contributed by atoms with Gasteiger partial charge in [-0.3, -0.25) is 5.32 Å². The Morgan fingerprint density at radius 3 is 2.31 bits per heavy atom. The third kappa shape index (κ3) is 2.79. The maximum atomic E-state index is 6.19. The van der Waals surface area contributed by atoms with E-state index in [1.807, 2.05) is 0 Å². The molecule has 0 radical (unpaired) electrons. The third-order valence-corrected chi connectivity index (χ3v) is 7.74. The average molecular weight is 201 g/mol. The van der Waals surface area contributed by atoms with E-state index in [0.717, 1.165) is 6.54 Å². The second-order valence-corrected chi connectivity index (χ2v) is 10.2. The molecule has 0 bridgehead atoms. The normalized spacial score (nSPS) is 25.2. The van der Waals surface area contributed by atoms with Crippen LogP contribution in [0, 0.1) is 0 Å². The highest BCUT2D eigenvalue weighted by Gasteiger charge is 2.39. The van der Waals surface area contributed by atoms with Gasteiger partial charge in [-0.1, -0.05) is 20.8 Å². The molecule has 0 aliphatic carbocycles. The molecule has 1 atom stereocenters. The van der Waals surface area contributed by atoms with Gasteiger partial charge in [0, 0.05) is 0 Å². The molecule has 0 aromatic carbocycles. The molecule has 1 heterocycles. The van der Waals surface area contributed by atoms with Crippen molar-refractivity contribution in [1.29, 1.82) is 0 Å². The largest absolute Gasteiger partial charge is 0.402 e. The maximum absolute atomic E-state index is 6.19. The summed E-state index contributed by atoms with van der Waals surface area (Å²) < 4.78 is 6.19. The SMILES string of the molecule is CC(C)(C)[Si](C)(C)OC1CCCN1. The lowest BCUT2D eigenvalue weighted by Crippen LogP contribution is -2.46. The Kier molecular flexibility index (Phi) is 3.20. The molecule has 1 N–H and O–H groups in total. The molecule has 1 rings (SSSR count). The fourth-order valence-electron chi connectivity index (χ4n) is 1.29. The van der Waals surface area contributed by atoms with Crippen molar-refractivity contribution in [2.24, 2.45) is 0 Å². The van der Waals surface area contributed by atoms with Gasteiger partial charge in [-0.2, -0.15) is 0 Å². The van der Waals surface area contributed by atoms with Crippen LogP contribution in [0.3, 0.4) is 0 Å². The third-order valence-electron chi connectivity index (χ3n) is 3.26. The zero-order valence-corrected chi connectivity index (χ0v) is 10.6. The Morgan fingerprint density at radius 1 is 1.31 bits per heavy atom. The Labute approximate surface area is 83.2 Å². The highest BCUT2D eigenvalue weighted by atomic mass is 28.4. The van der Waals surface area contributed by atoms with Gasteiger partial charge in [0.2, 0.25) is 0 Å². The predicted molar refractivity (Wildman–Crippen MR) is 59.3 cm³/mol. The number of hydrogen-bond donors (Lipinski definition) is 1. The van der Waals surface area contributed by atoms with Gasteiger partial charge in [0.1, 0.15) is 0 Å². The van der Waals surface area contributed by atoms with Gasteiger partial charge in [-0.05, 0) is 37.5 Å². The molecule has 0 spiro atoms. The van der Waals surface area contributed by atoms with Crippen LogP contribution in [-0.2, 0) is 4.43 Å². The molecule has 13 heavy (non-hydrogen) atoms. The van der Waals surface area contributed by atoms with Gasteiger partial charge in [0.05, 0.1) is 6.23 Å². The van der Waals surface area contributed by atoms with Crippen LogP contribution >= 0.6 is 0 Å². The van der Waals surface area contributed by atoms with Gasteiger partial charge in [-0.15, -0.1) is 0 Å². The Hall–Kier alpha value is 0.137. The van der Waals surface area contributed by atoms with E-state index in [4.69, 9.17) is 4.43 Å². The first-order valence-corrected chi connectivity index (χ1v) is 8.15. The fourth-order valence-corrected chi connectivity index (χ4v) is 2.55. The van der Waals surface area contributed by atoms with E-state index in [1.165, 1.54) is 12.8 Å². The summed E-state index contributed by atoms with van der Waals surface area (Å²) in [6, 6.07) is 0. The molecule has 1 fully saturated rings. The summed E-state index contributed by atoms with van der Waals surface area (Å²) in [7, 11) is -1.53. The minimum Gasteiger partial charge on any atom is -0.402 e. The van der Waals surface area contributed by atoms with Gasteiger partial charge in [-0.25, -0.2) is 0 Å². The van der Waals surface area contributed by atoms with Gasteiger partial charge in [0.25, 0.3) is 0 Å². The lowest BCUT2D eigenvalue weighted by molar-refractivity contribution is 0.167. The van der Waals surface area contributed by atoms with E-state index in [0.29, 0.717) is 11.3 Å². The topological polar surface area (TPSA) is 21.3 Å². The second-order valence-electron chi connectivity index (χ2n) is 5.46. The second kappa shape index (κ2) is 3.71. The van der Waals surface area contributed by atoms with Crippen LogP contribution in [0.5, 0.6) is 0 Å². The van der Waals surface area contributed by atoms with E-state index < -0.39 is 8.32 Å². The number of rotatable bonds is 2. The predicted octanol–water partition coefficient (Wildman–Crippen LogP) is 2.72. The quantitative estimate of drug-likeness (QED) is 0.694. The van der Waals surface area contributed by atoms with Crippen LogP contribution in [0.4, 0.5) is 0 Å². The van der Waals surface area contributed by atoms with E-state index >= 15 is 0 Å². The summed E-state index contributed by atoms with van der Waals surface area (Å²) in [6.07, 6.45) is 2.78. The zero-order chi connectivity index (χ0) is 10.1. The Morgan fingerprint density at radius 2 is 1.92 bits per heavy atom. The zero-order valence-electron chi connectivity index (χ0n) is 9.61. The van der Waals surface area contributed by atoms with Crippen molar-refractivity contribution in [3.05, 3.63) is 0 Å². The minimum absolute atomic E-state index is 0.331. The van der Waals surface area contributed by atoms with Crippen LogP contribution in [0.1, 0.15) is 33.6 Å². The van der Waals surface area contributed by atoms with Crippen LogP contribution in [0.2, 0.25) is 18.1 Å². The van der Waals surface area contributed by atoms with E-state index in [-0.39, 0.29) is 0 Å². The molecule has 1 aliphatic heterocycles. The summed E-state index contributed by atoms with van der Waals surface area (Å²) >= 11 is 0. The van der Waals surface area contributed by atoms with Crippen molar-refractivity contribution >= 4 is 8.32 Å². The first-order chi connectivity index (χ1) is 5.83. The first-order valence-electron chi connectivity index (χ1n) is 5.24. The summed E-state index contributed by atoms with van der Waals surface area (Å²) in [4.78, 5) is 0. The highest BCUT2D eigenvalue weighted by molar-refractivity contribution is 6.74. The summed E-state index contributed by atoms with van der Waals surface area (Å²) in [5, 5.41) is 3.73. The van der Waals surface area contributed by atoms with Crippen LogP contribution < -0.4 is 5.32 Å². The molecule has 1 saturated heterocycles. The van der Waals surface area contributed by atoms with Crippen molar-refractivity contribution in [3.8, 4) is 0 Å². The molecule has 3 heteroatoms. The van der Waals surface area contributed by atoms with Crippen molar-refractivity contribution in [2.45, 2.75) is 58.0 Å². The summed E-state index contributed by atoms with van der Waals surface area (Å²) in [5.74, 6) is 0. The molecule has 0 amide bonds. The Bertz CT molecular complexity index is 168. The van der Waals surface area contributed by atoms with Crippen LogP contribution in [-0.4, -0.2) is 21.1 Å². The van der Waals surface area contributed by atoms with Gasteiger partial charge in [0.15, 0.2) is 8.32 Å². The van der Waals surface area contributed by atoms with Gasteiger partial charge < -0.3 is 4.43 Å². The molecule has 0 saturated carbocycles. The first kappa shape index (κ1) is 11.2. The summed E-state index contributed by atoms with van der Waals surface area (Å²) in [6.45, 7) is 12.6. The fraction of sp³-hybridized carbons (Fsp3) is 1.00. The monoisotopic (exact) mass is 201 g/mol. The lowest BCUT2D eigenvalue weighted by Gasteiger charge is -2.38. The highest BCUT2D eigenvalue weighted by Crippen LogP contribution is 2.37. The maximum Gasteiger partial charge on any atom is 0.194 e. The molecule has 1 unspecified atom stereocenters. The van der Waals surface area contributed by atoms with Crippen molar-refractivity contribution in [3.63, 3.8) is 0 Å². The minimum atomic E-state index is -1.53. The molecule has 0 aromatic heterocycles. The van der Waals surface area contributed by atoms with E-state index in [2.05, 4.69) is 39.2 Å². The number of hydrogen-bond acceptors (Lipinski definition) is 2. The van der Waals surface area contributed by atoms with E-state index in [1.54, 1.807) is 0 Å². The van der Waals surface area contributed by atoms with Gasteiger partial charge >= 0.3 is 0 Å². The number of nitrogens with one attached hydrogen (secondary N) is 1. The molecular formula is C10H23NOSi. The van der Waals surface area contributed by atoms with Crippen molar-refractivity contribution in [1.82, 2.24) is 5.32 Å². The van der Waals surface area contributed by atoms with Crippen LogP contribution in [0.15, 0.2) is 0 Å². The molecule has 78 valence electrons. The van der Waals surface area contributed by atoms with Crippen LogP contribution in [0.25, 0.3) is 0 Å². The molecular weight excluding hydrogens is 178 g/mol. The standard InChI is InChI=1S/C10H23NOSi/c1-10(2,3)13(4,5)12-9-7-6-8-11-9/h9,11H,6-8H2,1-5H3. The summed E-state index contributed by atoms with van der Waals surface area (Å²) in [5.41, 5.74) is 0. The average Bonchev–Trinajstić information content (AvgIpc) is 2.35. The van der Waals surface area contributed by atoms with Crippen molar-refractivity contribution < 1.29 is 4.43 Å². The lowest BCUT2D eigenvalue weighted by atomic mass is 10.2.